The van der Waals surface area contributed by atoms with E-state index in [0.29, 0.717) is 23.4 Å². The van der Waals surface area contributed by atoms with Gasteiger partial charge in [-0.15, -0.1) is 0 Å². The van der Waals surface area contributed by atoms with Crippen LogP contribution in [0.4, 0.5) is 13.2 Å². The molecule has 166 valence electrons. The van der Waals surface area contributed by atoms with Gasteiger partial charge in [0.2, 0.25) is 0 Å². The highest BCUT2D eigenvalue weighted by Crippen LogP contribution is 2.51. The molecule has 1 aliphatic heterocycles. The Labute approximate surface area is 178 Å². The molecule has 1 amide bonds. The lowest BCUT2D eigenvalue weighted by molar-refractivity contribution is -0.318. The van der Waals surface area contributed by atoms with Crippen LogP contribution in [0, 0.1) is 24.2 Å². The fourth-order valence-corrected chi connectivity index (χ4v) is 4.28. The number of halogens is 4. The molecule has 9 heteroatoms. The number of benzene rings is 1. The predicted octanol–water partition coefficient (Wildman–Crippen LogP) is 4.94. The van der Waals surface area contributed by atoms with E-state index in [0.717, 1.165) is 0 Å². The summed E-state index contributed by atoms with van der Waals surface area (Å²) in [5, 5.41) is 15.4. The normalized spacial score (nSPS) is 27.0. The third kappa shape index (κ3) is 4.04. The molecule has 2 aliphatic rings. The van der Waals surface area contributed by atoms with Gasteiger partial charge in [-0.2, -0.15) is 23.3 Å². The van der Waals surface area contributed by atoms with Gasteiger partial charge >= 0.3 is 6.18 Å². The standard InChI is InChI=1S/C21H26ClF3N2O3/c1-12-9-14(6-7-16(12)22)30-11-18(28)27-20(29,21(23,24)25)15-10-13(19(2,3)4)5-8-17(15)26-27/h6-7,9,13,15,29H,5,8,10-11H2,1-4H3/t13-,15+,20+/m0/s1. The lowest BCUT2D eigenvalue weighted by atomic mass is 9.66. The van der Waals surface area contributed by atoms with Crippen LogP contribution in [0.3, 0.4) is 0 Å². The molecule has 30 heavy (non-hydrogen) atoms. The molecule has 1 aliphatic carbocycles. The largest absolute Gasteiger partial charge is 0.484 e. The molecule has 0 unspecified atom stereocenters. The Balaban J connectivity index is 1.83. The molecule has 0 radical (unpaired) electrons. The Morgan fingerprint density at radius 2 is 2.03 bits per heavy atom. The van der Waals surface area contributed by atoms with Crippen LogP contribution < -0.4 is 4.74 Å². The van der Waals surface area contributed by atoms with Crippen LogP contribution >= 0.6 is 11.6 Å². The van der Waals surface area contributed by atoms with Crippen molar-refractivity contribution in [3.05, 3.63) is 28.8 Å². The summed E-state index contributed by atoms with van der Waals surface area (Å²) in [6, 6.07) is 4.66. The van der Waals surface area contributed by atoms with Crippen molar-refractivity contribution in [2.45, 2.75) is 58.9 Å². The van der Waals surface area contributed by atoms with Crippen LogP contribution in [-0.2, 0) is 4.79 Å². The molecule has 5 nitrogen and oxygen atoms in total. The first-order valence-corrected chi connectivity index (χ1v) is 10.2. The van der Waals surface area contributed by atoms with Crippen molar-refractivity contribution in [1.29, 1.82) is 0 Å². The Bertz CT molecular complexity index is 866. The minimum atomic E-state index is -5.06. The number of rotatable bonds is 3. The van der Waals surface area contributed by atoms with Crippen LogP contribution in [0.15, 0.2) is 23.3 Å². The maximum atomic E-state index is 14.0. The fraction of sp³-hybridized carbons (Fsp3) is 0.619. The summed E-state index contributed by atoms with van der Waals surface area (Å²) >= 11 is 5.94. The molecule has 0 spiro atoms. The van der Waals surface area contributed by atoms with Crippen molar-refractivity contribution >= 4 is 23.2 Å². The third-order valence-electron chi connectivity index (χ3n) is 6.08. The number of amides is 1. The lowest BCUT2D eigenvalue weighted by Crippen LogP contribution is -2.62. The van der Waals surface area contributed by atoms with Gasteiger partial charge in [0, 0.05) is 10.7 Å². The Morgan fingerprint density at radius 1 is 1.37 bits per heavy atom. The molecular weight excluding hydrogens is 421 g/mol. The summed E-state index contributed by atoms with van der Waals surface area (Å²) in [4.78, 5) is 12.7. The highest BCUT2D eigenvalue weighted by Gasteiger charge is 2.69. The summed E-state index contributed by atoms with van der Waals surface area (Å²) in [7, 11) is 0. The second-order valence-corrected chi connectivity index (χ2v) is 9.52. The third-order valence-corrected chi connectivity index (χ3v) is 6.50. The van der Waals surface area contributed by atoms with Crippen molar-refractivity contribution in [3.8, 4) is 5.75 Å². The number of aliphatic hydroxyl groups is 1. The van der Waals surface area contributed by atoms with Gasteiger partial charge in [0.25, 0.3) is 11.6 Å². The number of fused-ring (bicyclic) bond motifs is 1. The van der Waals surface area contributed by atoms with Crippen LogP contribution in [-0.4, -0.2) is 40.2 Å². The average Bonchev–Trinajstić information content (AvgIpc) is 2.95. The van der Waals surface area contributed by atoms with Gasteiger partial charge < -0.3 is 9.84 Å². The number of ether oxygens (including phenoxy) is 1. The zero-order valence-electron chi connectivity index (χ0n) is 17.4. The van der Waals surface area contributed by atoms with Crippen molar-refractivity contribution in [1.82, 2.24) is 5.01 Å². The maximum Gasteiger partial charge on any atom is 0.439 e. The van der Waals surface area contributed by atoms with E-state index >= 15 is 0 Å². The molecule has 3 rings (SSSR count). The SMILES string of the molecule is Cc1cc(OCC(=O)N2N=C3CC[C@H](C(C)(C)C)C[C@H]3[C@@]2(O)C(F)(F)F)ccc1Cl. The van der Waals surface area contributed by atoms with Gasteiger partial charge in [0.05, 0.1) is 5.92 Å². The van der Waals surface area contributed by atoms with E-state index in [1.807, 2.05) is 20.8 Å². The number of carbonyl (C=O) groups excluding carboxylic acids is 1. The monoisotopic (exact) mass is 446 g/mol. The molecule has 1 aromatic rings. The summed E-state index contributed by atoms with van der Waals surface area (Å²) in [5.41, 5.74) is -2.67. The second-order valence-electron chi connectivity index (χ2n) is 9.11. The van der Waals surface area contributed by atoms with Crippen LogP contribution in [0.5, 0.6) is 5.75 Å². The number of hydrogen-bond acceptors (Lipinski definition) is 4. The second kappa shape index (κ2) is 7.71. The van der Waals surface area contributed by atoms with Crippen LogP contribution in [0.2, 0.25) is 5.02 Å². The van der Waals surface area contributed by atoms with Crippen LogP contribution in [0.25, 0.3) is 0 Å². The van der Waals surface area contributed by atoms with Gasteiger partial charge in [0.15, 0.2) is 6.61 Å². The van der Waals surface area contributed by atoms with Gasteiger partial charge in [-0.25, -0.2) is 0 Å². The zero-order valence-corrected chi connectivity index (χ0v) is 18.1. The van der Waals surface area contributed by atoms with Crippen molar-refractivity contribution in [2.75, 3.05) is 6.61 Å². The molecule has 1 aromatic carbocycles. The molecule has 0 aromatic heterocycles. The maximum absolute atomic E-state index is 14.0. The Kier molecular flexibility index (Phi) is 5.88. The molecule has 1 heterocycles. The highest BCUT2D eigenvalue weighted by molar-refractivity contribution is 6.31. The van der Waals surface area contributed by atoms with Crippen LogP contribution in [0.1, 0.15) is 45.6 Å². The van der Waals surface area contributed by atoms with Crippen molar-refractivity contribution < 1.29 is 27.8 Å². The van der Waals surface area contributed by atoms with Gasteiger partial charge in [-0.3, -0.25) is 4.79 Å². The van der Waals surface area contributed by atoms with E-state index in [4.69, 9.17) is 16.3 Å². The Morgan fingerprint density at radius 3 is 2.60 bits per heavy atom. The lowest BCUT2D eigenvalue weighted by Gasteiger charge is -2.42. The number of hydrogen-bond donors (Lipinski definition) is 1. The molecule has 3 atom stereocenters. The van der Waals surface area contributed by atoms with E-state index < -0.39 is 30.3 Å². The molecule has 0 bridgehead atoms. The van der Waals surface area contributed by atoms with E-state index in [9.17, 15) is 23.1 Å². The topological polar surface area (TPSA) is 62.1 Å². The van der Waals surface area contributed by atoms with Crippen molar-refractivity contribution in [2.24, 2.45) is 22.4 Å². The fourth-order valence-electron chi connectivity index (χ4n) is 4.17. The number of carbonyl (C=O) groups is 1. The molecule has 1 N–H and O–H groups in total. The molecule has 1 fully saturated rings. The summed E-state index contributed by atoms with van der Waals surface area (Å²) in [6.45, 7) is 6.94. The zero-order chi connectivity index (χ0) is 22.5. The van der Waals surface area contributed by atoms with E-state index in [2.05, 4.69) is 5.10 Å². The predicted molar refractivity (Wildman–Crippen MR) is 107 cm³/mol. The quantitative estimate of drug-likeness (QED) is 0.715. The minimum absolute atomic E-state index is 0.0290. The molecular formula is C21H26ClF3N2O3. The number of alkyl halides is 3. The molecule has 1 saturated carbocycles. The van der Waals surface area contributed by atoms with Gasteiger partial charge in [-0.1, -0.05) is 32.4 Å². The van der Waals surface area contributed by atoms with Gasteiger partial charge in [0.1, 0.15) is 5.75 Å². The van der Waals surface area contributed by atoms with Gasteiger partial charge in [-0.05, 0) is 61.3 Å². The highest BCUT2D eigenvalue weighted by atomic mass is 35.5. The first-order valence-electron chi connectivity index (χ1n) is 9.83. The average molecular weight is 447 g/mol. The number of nitrogens with zero attached hydrogens (tertiary/aromatic N) is 2. The minimum Gasteiger partial charge on any atom is -0.484 e. The smallest absolute Gasteiger partial charge is 0.439 e. The van der Waals surface area contributed by atoms with Crippen molar-refractivity contribution in [3.63, 3.8) is 0 Å². The number of aryl methyl sites for hydroxylation is 1. The first-order chi connectivity index (χ1) is 13.7. The summed E-state index contributed by atoms with van der Waals surface area (Å²) in [6.07, 6.45) is -3.98. The van der Waals surface area contributed by atoms with E-state index in [1.165, 1.54) is 6.07 Å². The molecule has 0 saturated heterocycles. The van der Waals surface area contributed by atoms with E-state index in [1.54, 1.807) is 19.1 Å². The Hall–Kier alpha value is -1.80. The van der Waals surface area contributed by atoms with E-state index in [-0.39, 0.29) is 34.2 Å². The summed E-state index contributed by atoms with van der Waals surface area (Å²) in [5.74, 6) is -2.08. The first kappa shape index (κ1) is 22.9. The number of hydrazone groups is 1. The summed E-state index contributed by atoms with van der Waals surface area (Å²) < 4.78 is 47.5.